The molecular weight excluding hydrogens is 356 g/mol. The first-order chi connectivity index (χ1) is 13.5. The predicted molar refractivity (Wildman–Crippen MR) is 107 cm³/mol. The van der Waals surface area contributed by atoms with Gasteiger partial charge in [-0.05, 0) is 48.9 Å². The van der Waals surface area contributed by atoms with Crippen molar-refractivity contribution >= 4 is 29.1 Å². The lowest BCUT2D eigenvalue weighted by Crippen LogP contribution is -2.16. The number of hydrogen-bond acceptors (Lipinski definition) is 6. The molecule has 0 atom stereocenters. The van der Waals surface area contributed by atoms with Crippen LogP contribution in [0.1, 0.15) is 28.7 Å². The zero-order valence-electron chi connectivity index (χ0n) is 15.6. The van der Waals surface area contributed by atoms with Gasteiger partial charge in [-0.3, -0.25) is 14.6 Å². The topological polar surface area (TPSA) is 109 Å². The monoisotopic (exact) mass is 376 g/mol. The number of aryl methyl sites for hydroxylation is 1. The van der Waals surface area contributed by atoms with Gasteiger partial charge in [-0.1, -0.05) is 6.07 Å². The van der Waals surface area contributed by atoms with Crippen molar-refractivity contribution in [2.45, 2.75) is 20.4 Å². The van der Waals surface area contributed by atoms with Crippen molar-refractivity contribution in [2.24, 2.45) is 0 Å². The molecule has 28 heavy (non-hydrogen) atoms. The summed E-state index contributed by atoms with van der Waals surface area (Å²) >= 11 is 0. The molecule has 0 aliphatic carbocycles. The molecule has 0 spiro atoms. The van der Waals surface area contributed by atoms with Crippen LogP contribution >= 0.6 is 0 Å². The van der Waals surface area contributed by atoms with Gasteiger partial charge in [0, 0.05) is 42.9 Å². The highest BCUT2D eigenvalue weighted by Gasteiger charge is 2.11. The van der Waals surface area contributed by atoms with Crippen molar-refractivity contribution in [1.82, 2.24) is 15.0 Å². The normalized spacial score (nSPS) is 10.2. The molecule has 0 saturated heterocycles. The fraction of sp³-hybridized carbons (Fsp3) is 0.150. The zero-order valence-corrected chi connectivity index (χ0v) is 15.6. The lowest BCUT2D eigenvalue weighted by atomic mass is 10.2. The quantitative estimate of drug-likeness (QED) is 0.610. The summed E-state index contributed by atoms with van der Waals surface area (Å²) in [7, 11) is 0. The number of benzene rings is 1. The number of hydrogen-bond donors (Lipinski definition) is 3. The molecule has 0 aliphatic heterocycles. The molecule has 0 bridgehead atoms. The molecule has 8 heteroatoms. The number of rotatable bonds is 6. The average Bonchev–Trinajstić information content (AvgIpc) is 2.68. The molecular formula is C20H20N6O2. The lowest BCUT2D eigenvalue weighted by molar-refractivity contribution is -0.114. The Hall–Kier alpha value is -3.81. The number of aromatic nitrogens is 3. The van der Waals surface area contributed by atoms with Gasteiger partial charge in [0.05, 0.1) is 0 Å². The molecule has 3 aromatic rings. The number of carbonyl (C=O) groups is 2. The third kappa shape index (κ3) is 5.34. The molecule has 3 N–H and O–H groups in total. The summed E-state index contributed by atoms with van der Waals surface area (Å²) < 4.78 is 0. The SMILES string of the molecule is CC(=O)Nc1ccc(NC(=O)c2cc(C)nc(NCc3cccnc3)n2)cc1. The highest BCUT2D eigenvalue weighted by molar-refractivity contribution is 6.03. The number of anilines is 3. The molecule has 142 valence electrons. The van der Waals surface area contributed by atoms with Gasteiger partial charge in [0.2, 0.25) is 11.9 Å². The van der Waals surface area contributed by atoms with Crippen molar-refractivity contribution in [3.63, 3.8) is 0 Å². The van der Waals surface area contributed by atoms with Gasteiger partial charge in [-0.15, -0.1) is 0 Å². The zero-order chi connectivity index (χ0) is 19.9. The Labute approximate surface area is 162 Å². The van der Waals surface area contributed by atoms with Gasteiger partial charge in [-0.2, -0.15) is 0 Å². The van der Waals surface area contributed by atoms with Gasteiger partial charge in [0.1, 0.15) is 5.69 Å². The summed E-state index contributed by atoms with van der Waals surface area (Å²) in [5.41, 5.74) is 3.17. The fourth-order valence-electron chi connectivity index (χ4n) is 2.48. The molecule has 0 fully saturated rings. The third-order valence-corrected chi connectivity index (χ3v) is 3.72. The second-order valence-electron chi connectivity index (χ2n) is 6.15. The summed E-state index contributed by atoms with van der Waals surface area (Å²) in [4.78, 5) is 36.3. The van der Waals surface area contributed by atoms with Crippen LogP contribution in [0.3, 0.4) is 0 Å². The maximum Gasteiger partial charge on any atom is 0.274 e. The molecule has 0 radical (unpaired) electrons. The Balaban J connectivity index is 1.67. The smallest absolute Gasteiger partial charge is 0.274 e. The number of nitrogens with one attached hydrogen (secondary N) is 3. The van der Waals surface area contributed by atoms with E-state index < -0.39 is 0 Å². The van der Waals surface area contributed by atoms with Gasteiger partial charge in [0.15, 0.2) is 0 Å². The molecule has 2 amide bonds. The van der Waals surface area contributed by atoms with Gasteiger partial charge >= 0.3 is 0 Å². The maximum absolute atomic E-state index is 12.5. The largest absolute Gasteiger partial charge is 0.350 e. The van der Waals surface area contributed by atoms with Crippen molar-refractivity contribution in [1.29, 1.82) is 0 Å². The van der Waals surface area contributed by atoms with E-state index in [0.29, 0.717) is 29.6 Å². The van der Waals surface area contributed by atoms with E-state index in [1.165, 1.54) is 6.92 Å². The Morgan fingerprint density at radius 1 is 1.00 bits per heavy atom. The fourth-order valence-corrected chi connectivity index (χ4v) is 2.48. The van der Waals surface area contributed by atoms with E-state index >= 15 is 0 Å². The molecule has 2 heterocycles. The number of amides is 2. The van der Waals surface area contributed by atoms with Crippen molar-refractivity contribution in [3.8, 4) is 0 Å². The molecule has 0 aliphatic rings. The van der Waals surface area contributed by atoms with E-state index in [2.05, 4.69) is 30.9 Å². The minimum absolute atomic E-state index is 0.153. The van der Waals surface area contributed by atoms with Crippen LogP contribution in [0.2, 0.25) is 0 Å². The Morgan fingerprint density at radius 2 is 1.71 bits per heavy atom. The Kier molecular flexibility index (Phi) is 5.91. The van der Waals surface area contributed by atoms with Gasteiger partial charge < -0.3 is 16.0 Å². The number of carbonyl (C=O) groups excluding carboxylic acids is 2. The Bertz CT molecular complexity index is 974. The van der Waals surface area contributed by atoms with E-state index in [4.69, 9.17) is 0 Å². The second-order valence-corrected chi connectivity index (χ2v) is 6.15. The summed E-state index contributed by atoms with van der Waals surface area (Å²) in [5.74, 6) is -0.128. The predicted octanol–water partition coefficient (Wildman–Crippen LogP) is 3.00. The van der Waals surface area contributed by atoms with Gasteiger partial charge in [0.25, 0.3) is 5.91 Å². The van der Waals surface area contributed by atoms with Crippen molar-refractivity contribution in [2.75, 3.05) is 16.0 Å². The third-order valence-electron chi connectivity index (χ3n) is 3.72. The van der Waals surface area contributed by atoms with Crippen LogP contribution in [0.25, 0.3) is 0 Å². The van der Waals surface area contributed by atoms with Crippen LogP contribution in [0.4, 0.5) is 17.3 Å². The van der Waals surface area contributed by atoms with Crippen LogP contribution < -0.4 is 16.0 Å². The molecule has 3 rings (SSSR count). The van der Waals surface area contributed by atoms with Crippen LogP contribution in [0, 0.1) is 6.92 Å². The standard InChI is InChI=1S/C20H20N6O2/c1-13-10-18(26-20(23-13)22-12-15-4-3-9-21-11-15)19(28)25-17-7-5-16(6-8-17)24-14(2)27/h3-11H,12H2,1-2H3,(H,24,27)(H,25,28)(H,22,23,26). The van der Waals surface area contributed by atoms with Crippen LogP contribution in [-0.2, 0) is 11.3 Å². The molecule has 2 aromatic heterocycles. The minimum atomic E-state index is -0.345. The first-order valence-electron chi connectivity index (χ1n) is 8.67. The van der Waals surface area contributed by atoms with E-state index in [9.17, 15) is 9.59 Å². The Morgan fingerprint density at radius 3 is 2.36 bits per heavy atom. The van der Waals surface area contributed by atoms with E-state index in [0.717, 1.165) is 5.56 Å². The van der Waals surface area contributed by atoms with Crippen molar-refractivity contribution < 1.29 is 9.59 Å². The number of pyridine rings is 1. The number of nitrogens with zero attached hydrogens (tertiary/aromatic N) is 3. The minimum Gasteiger partial charge on any atom is -0.350 e. The molecule has 0 unspecified atom stereocenters. The molecule has 0 saturated carbocycles. The van der Waals surface area contributed by atoms with Crippen LogP contribution in [0.15, 0.2) is 54.9 Å². The van der Waals surface area contributed by atoms with E-state index in [1.807, 2.05) is 12.1 Å². The second kappa shape index (κ2) is 8.72. The summed E-state index contributed by atoms with van der Waals surface area (Å²) in [6, 6.07) is 12.2. The molecule has 8 nitrogen and oxygen atoms in total. The maximum atomic E-state index is 12.5. The van der Waals surface area contributed by atoms with Crippen molar-refractivity contribution in [3.05, 3.63) is 71.8 Å². The summed E-state index contributed by atoms with van der Waals surface area (Å²) in [6.07, 6.45) is 3.46. The highest BCUT2D eigenvalue weighted by atomic mass is 16.2. The van der Waals surface area contributed by atoms with Crippen LogP contribution in [-0.4, -0.2) is 26.8 Å². The highest BCUT2D eigenvalue weighted by Crippen LogP contribution is 2.15. The average molecular weight is 376 g/mol. The van der Waals surface area contributed by atoms with E-state index in [1.54, 1.807) is 49.6 Å². The first kappa shape index (κ1) is 19.0. The summed E-state index contributed by atoms with van der Waals surface area (Å²) in [5, 5.41) is 8.57. The molecule has 1 aromatic carbocycles. The first-order valence-corrected chi connectivity index (χ1v) is 8.67. The summed E-state index contributed by atoms with van der Waals surface area (Å²) in [6.45, 7) is 3.74. The van der Waals surface area contributed by atoms with Gasteiger partial charge in [-0.25, -0.2) is 9.97 Å². The van der Waals surface area contributed by atoms with Crippen LogP contribution in [0.5, 0.6) is 0 Å². The lowest BCUT2D eigenvalue weighted by Gasteiger charge is -2.09. The van der Waals surface area contributed by atoms with E-state index in [-0.39, 0.29) is 17.5 Å².